The maximum absolute atomic E-state index is 13.4. The van der Waals surface area contributed by atoms with E-state index in [4.69, 9.17) is 14.7 Å². The quantitative estimate of drug-likeness (QED) is 0.762. The summed E-state index contributed by atoms with van der Waals surface area (Å²) in [6.45, 7) is 1.63. The van der Waals surface area contributed by atoms with Gasteiger partial charge in [-0.25, -0.2) is 9.69 Å². The summed E-state index contributed by atoms with van der Waals surface area (Å²) in [4.78, 5) is 28.9. The van der Waals surface area contributed by atoms with Gasteiger partial charge in [0.1, 0.15) is 24.1 Å². The molecule has 2 aromatic rings. The highest BCUT2D eigenvalue weighted by molar-refractivity contribution is 6.23. The number of anilines is 1. The minimum Gasteiger partial charge on any atom is -0.495 e. The van der Waals surface area contributed by atoms with Crippen LogP contribution in [0.15, 0.2) is 42.5 Å². The van der Waals surface area contributed by atoms with Crippen LogP contribution in [-0.4, -0.2) is 37.8 Å². The predicted octanol–water partition coefficient (Wildman–Crippen LogP) is 2.65. The Hall–Kier alpha value is -3.37. The van der Waals surface area contributed by atoms with Gasteiger partial charge in [0.25, 0.3) is 5.91 Å². The van der Waals surface area contributed by atoms with Gasteiger partial charge in [-0.1, -0.05) is 24.3 Å². The van der Waals surface area contributed by atoms with Crippen molar-refractivity contribution in [3.8, 4) is 11.8 Å². The van der Waals surface area contributed by atoms with Crippen LogP contribution in [0.2, 0.25) is 0 Å². The molecule has 0 bridgehead atoms. The van der Waals surface area contributed by atoms with Crippen molar-refractivity contribution in [3.05, 3.63) is 59.7 Å². The lowest BCUT2D eigenvalue weighted by Gasteiger charge is -2.31. The number of nitriles is 1. The largest absolute Gasteiger partial charge is 0.495 e. The van der Waals surface area contributed by atoms with Crippen LogP contribution in [0.5, 0.6) is 5.75 Å². The molecule has 0 N–H and O–H groups in total. The van der Waals surface area contributed by atoms with Gasteiger partial charge in [-0.3, -0.25) is 9.69 Å². The van der Waals surface area contributed by atoms with Crippen molar-refractivity contribution >= 4 is 17.6 Å². The second-order valence-corrected chi connectivity index (χ2v) is 6.13. The third-order valence-corrected chi connectivity index (χ3v) is 4.68. The summed E-state index contributed by atoms with van der Waals surface area (Å²) in [6, 6.07) is 15.9. The molecule has 1 atom stereocenters. The first kappa shape index (κ1) is 18.4. The van der Waals surface area contributed by atoms with E-state index in [2.05, 4.69) is 6.07 Å². The first-order valence-corrected chi connectivity index (χ1v) is 8.18. The van der Waals surface area contributed by atoms with Gasteiger partial charge in [-0.05, 0) is 30.7 Å². The highest BCUT2D eigenvalue weighted by atomic mass is 16.5. The van der Waals surface area contributed by atoms with Gasteiger partial charge < -0.3 is 9.47 Å². The molecule has 1 unspecified atom stereocenters. The lowest BCUT2D eigenvalue weighted by Crippen LogP contribution is -2.45. The zero-order chi connectivity index (χ0) is 19.6. The zero-order valence-electron chi connectivity index (χ0n) is 15.2. The molecule has 0 aromatic heterocycles. The average molecular weight is 364 g/mol. The number of carbonyl (C=O) groups excluding carboxylic acids is 2. The predicted molar refractivity (Wildman–Crippen MR) is 96.9 cm³/mol. The van der Waals surface area contributed by atoms with Crippen LogP contribution in [0, 0.1) is 17.4 Å². The SMILES string of the molecule is COCN1C(=O)N(c2ccc(C#N)c(OC)c2)C(=O)C1(C)c1cc[c]cc1. The van der Waals surface area contributed by atoms with E-state index >= 15 is 0 Å². The highest BCUT2D eigenvalue weighted by Gasteiger charge is 2.56. The van der Waals surface area contributed by atoms with E-state index in [1.165, 1.54) is 31.3 Å². The Morgan fingerprint density at radius 3 is 2.48 bits per heavy atom. The summed E-state index contributed by atoms with van der Waals surface area (Å²) >= 11 is 0. The number of benzene rings is 2. The van der Waals surface area contributed by atoms with Crippen LogP contribution in [0.3, 0.4) is 0 Å². The first-order valence-electron chi connectivity index (χ1n) is 8.18. The molecular formula is C20H18N3O4. The summed E-state index contributed by atoms with van der Waals surface area (Å²) in [6.07, 6.45) is 0. The van der Waals surface area contributed by atoms with Crippen LogP contribution < -0.4 is 9.64 Å². The first-order chi connectivity index (χ1) is 13.0. The number of carbonyl (C=O) groups is 2. The normalized spacial score (nSPS) is 19.3. The lowest BCUT2D eigenvalue weighted by atomic mass is 9.90. The fourth-order valence-corrected chi connectivity index (χ4v) is 3.18. The number of nitrogens with zero attached hydrogens (tertiary/aromatic N) is 3. The van der Waals surface area contributed by atoms with E-state index in [0.717, 1.165) is 4.90 Å². The number of rotatable bonds is 5. The van der Waals surface area contributed by atoms with Crippen LogP contribution in [-0.2, 0) is 15.1 Å². The Labute approximate surface area is 157 Å². The molecule has 1 radical (unpaired) electrons. The Balaban J connectivity index is 2.12. The Bertz CT molecular complexity index is 923. The average Bonchev–Trinajstić information content (AvgIpc) is 2.89. The fourth-order valence-electron chi connectivity index (χ4n) is 3.18. The molecule has 0 aliphatic carbocycles. The van der Waals surface area contributed by atoms with Crippen molar-refractivity contribution in [2.75, 3.05) is 25.9 Å². The third kappa shape index (κ3) is 2.80. The fraction of sp³-hybridized carbons (Fsp3) is 0.250. The van der Waals surface area contributed by atoms with Crippen LogP contribution in [0.25, 0.3) is 0 Å². The molecule has 2 aromatic carbocycles. The van der Waals surface area contributed by atoms with Gasteiger partial charge in [-0.2, -0.15) is 5.26 Å². The summed E-state index contributed by atoms with van der Waals surface area (Å²) in [5.74, 6) is -0.126. The van der Waals surface area contributed by atoms with Gasteiger partial charge in [-0.15, -0.1) is 0 Å². The van der Waals surface area contributed by atoms with Crippen LogP contribution >= 0.6 is 0 Å². The van der Waals surface area contributed by atoms with E-state index in [-0.39, 0.29) is 12.5 Å². The summed E-state index contributed by atoms with van der Waals surface area (Å²) in [5.41, 5.74) is 0.0620. The molecule has 137 valence electrons. The van der Waals surface area contributed by atoms with Gasteiger partial charge in [0.2, 0.25) is 0 Å². The van der Waals surface area contributed by atoms with Crippen LogP contribution in [0.4, 0.5) is 10.5 Å². The van der Waals surface area contributed by atoms with Crippen molar-refractivity contribution in [1.29, 1.82) is 5.26 Å². The van der Waals surface area contributed by atoms with Crippen molar-refractivity contribution in [1.82, 2.24) is 4.90 Å². The van der Waals surface area contributed by atoms with Crippen molar-refractivity contribution < 1.29 is 19.1 Å². The Morgan fingerprint density at radius 1 is 1.19 bits per heavy atom. The standard InChI is InChI=1S/C20H18N3O4/c1-20(15-7-5-4-6-8-15)18(24)23(19(25)22(20)13-26-2)16-10-9-14(12-21)17(11-16)27-3/h5-11H,13H2,1-3H3. The monoisotopic (exact) mass is 364 g/mol. The molecule has 7 heteroatoms. The molecule has 1 saturated heterocycles. The van der Waals surface area contributed by atoms with E-state index in [9.17, 15) is 9.59 Å². The molecule has 3 rings (SSSR count). The molecule has 1 heterocycles. The minimum atomic E-state index is -1.23. The van der Waals surface area contributed by atoms with Gasteiger partial charge in [0, 0.05) is 13.2 Å². The summed E-state index contributed by atoms with van der Waals surface area (Å²) in [7, 11) is 2.89. The smallest absolute Gasteiger partial charge is 0.334 e. The summed E-state index contributed by atoms with van der Waals surface area (Å²) < 4.78 is 10.4. The summed E-state index contributed by atoms with van der Waals surface area (Å²) in [5, 5.41) is 9.15. The number of urea groups is 1. The Kier molecular flexibility index (Phi) is 4.84. The van der Waals surface area contributed by atoms with Gasteiger partial charge in [0.05, 0.1) is 18.4 Å². The highest BCUT2D eigenvalue weighted by Crippen LogP contribution is 2.40. The molecule has 7 nitrogen and oxygen atoms in total. The van der Waals surface area contributed by atoms with Crippen molar-refractivity contribution in [2.24, 2.45) is 0 Å². The van der Waals surface area contributed by atoms with Crippen molar-refractivity contribution in [3.63, 3.8) is 0 Å². The number of hydrogen-bond donors (Lipinski definition) is 0. The number of hydrogen-bond acceptors (Lipinski definition) is 5. The van der Waals surface area contributed by atoms with E-state index in [1.54, 1.807) is 37.3 Å². The van der Waals surface area contributed by atoms with Gasteiger partial charge in [0.15, 0.2) is 0 Å². The molecule has 1 aliphatic heterocycles. The molecule has 1 aliphatic rings. The number of amides is 3. The third-order valence-electron chi connectivity index (χ3n) is 4.68. The number of imide groups is 1. The van der Waals surface area contributed by atoms with Gasteiger partial charge >= 0.3 is 6.03 Å². The molecule has 27 heavy (non-hydrogen) atoms. The minimum absolute atomic E-state index is 0.0520. The van der Waals surface area contributed by atoms with E-state index < -0.39 is 17.5 Å². The van der Waals surface area contributed by atoms with Crippen molar-refractivity contribution in [2.45, 2.75) is 12.5 Å². The molecular weight excluding hydrogens is 346 g/mol. The van der Waals surface area contributed by atoms with E-state index in [0.29, 0.717) is 16.8 Å². The molecule has 1 fully saturated rings. The molecule has 0 saturated carbocycles. The molecule has 3 amide bonds. The topological polar surface area (TPSA) is 82.9 Å². The Morgan fingerprint density at radius 2 is 1.89 bits per heavy atom. The second-order valence-electron chi connectivity index (χ2n) is 6.13. The second kappa shape index (κ2) is 7.09. The molecule has 0 spiro atoms. The maximum Gasteiger partial charge on any atom is 0.334 e. The lowest BCUT2D eigenvalue weighted by molar-refractivity contribution is -0.126. The van der Waals surface area contributed by atoms with Crippen LogP contribution in [0.1, 0.15) is 18.1 Å². The number of methoxy groups -OCH3 is 2. The number of ether oxygens (including phenoxy) is 2. The zero-order valence-corrected chi connectivity index (χ0v) is 15.2. The van der Waals surface area contributed by atoms with E-state index in [1.807, 2.05) is 6.07 Å². The maximum atomic E-state index is 13.4.